The minimum Gasteiger partial charge on any atom is -0.479 e. The highest BCUT2D eigenvalue weighted by molar-refractivity contribution is 6.06. The van der Waals surface area contributed by atoms with Gasteiger partial charge in [-0.15, -0.1) is 0 Å². The molecule has 0 aliphatic carbocycles. The molecule has 0 aromatic carbocycles. The van der Waals surface area contributed by atoms with E-state index in [0.717, 1.165) is 6.92 Å². The number of hydrogen-bond donors (Lipinski definition) is 15. The Bertz CT molecular complexity index is 1490. The second-order valence-corrected chi connectivity index (χ2v) is 13.5. The lowest BCUT2D eigenvalue weighted by Gasteiger charge is -2.31. The predicted molar refractivity (Wildman–Crippen MR) is 186 cm³/mol. The van der Waals surface area contributed by atoms with E-state index in [2.05, 4.69) is 16.0 Å². The standard InChI is InChI=1S/C31H51N9O16/c1-10(2)6-16(44)33-7-13-24(48)36-14(9-41)25(49)37-17(11(3)4)28(52)39-19(21(45)22(46)23(32)47)29(53)38-18(12(5)42)27(51)34-8-15(43)26(50)40-20(31(55)56)30(54)35-13/h10-15,17-22,41-43,45-46H,6-9H2,1-5H3,(H2,32,47)(H,33,44)(H,34,51)(H,35,54)(H,36,48)(H,37,49)(H,38,53)(H,39,52)(H,40,50)(H,55,56)/t12-,13?,14-,15-,17-,18-,19?,20?,21?,22?/m1/s1. The van der Waals surface area contributed by atoms with Gasteiger partial charge in [-0.25, -0.2) is 4.79 Å². The van der Waals surface area contributed by atoms with E-state index in [-0.39, 0.29) is 12.3 Å². The van der Waals surface area contributed by atoms with Crippen molar-refractivity contribution in [2.75, 3.05) is 19.7 Å². The number of hydrogen-bond acceptors (Lipinski definition) is 15. The number of aliphatic hydroxyl groups is 5. The summed E-state index contributed by atoms with van der Waals surface area (Å²) in [5.74, 6) is -15.1. The minimum absolute atomic E-state index is 0.0517. The van der Waals surface area contributed by atoms with Gasteiger partial charge in [-0.3, -0.25) is 43.2 Å². The third-order valence-corrected chi connectivity index (χ3v) is 7.96. The SMILES string of the molecule is CC(C)CC(=O)NCC1NC(=O)C(C(=O)O)NC(=O)[C@H](O)CNC(=O)[C@@H]([C@@H](C)O)NC(=O)C(C(O)C(O)C(N)=O)NC(=O)[C@@H](C(C)C)NC(=O)[C@@H](CO)NC1=O. The number of nitrogens with one attached hydrogen (secondary N) is 8. The van der Waals surface area contributed by atoms with Gasteiger partial charge in [0.25, 0.3) is 11.8 Å². The fraction of sp³-hybridized carbons (Fsp3) is 0.677. The predicted octanol–water partition coefficient (Wildman–Crippen LogP) is -9.13. The Balaban J connectivity index is 3.78. The fourth-order valence-electron chi connectivity index (χ4n) is 4.80. The number of aliphatic carboxylic acids is 1. The van der Waals surface area contributed by atoms with Crippen LogP contribution in [0.3, 0.4) is 0 Å². The van der Waals surface area contributed by atoms with E-state index >= 15 is 0 Å². The summed E-state index contributed by atoms with van der Waals surface area (Å²) in [6.07, 6.45) is -9.18. The maximum absolute atomic E-state index is 13.5. The Morgan fingerprint density at radius 2 is 1.23 bits per heavy atom. The number of carbonyl (C=O) groups is 10. The molecule has 0 saturated carbocycles. The molecule has 0 radical (unpaired) electrons. The van der Waals surface area contributed by atoms with Crippen LogP contribution < -0.4 is 48.3 Å². The quantitative estimate of drug-likeness (QED) is 0.0862. The number of carbonyl (C=O) groups excluding carboxylic acids is 9. The van der Waals surface area contributed by atoms with Crippen LogP contribution in [-0.4, -0.2) is 170 Å². The van der Waals surface area contributed by atoms with Gasteiger partial charge in [0.2, 0.25) is 47.4 Å². The number of nitrogens with two attached hydrogens (primary N) is 1. The molecule has 0 aromatic rings. The van der Waals surface area contributed by atoms with Gasteiger partial charge in [-0.05, 0) is 18.8 Å². The van der Waals surface area contributed by atoms with Crippen LogP contribution in [0.1, 0.15) is 41.0 Å². The third kappa shape index (κ3) is 14.6. The Kier molecular flexibility index (Phi) is 19.2. The molecule has 25 nitrogen and oxygen atoms in total. The van der Waals surface area contributed by atoms with Gasteiger partial charge in [0, 0.05) is 13.0 Å². The van der Waals surface area contributed by atoms with E-state index < -0.39 is 145 Å². The topological polar surface area (TPSA) is 414 Å². The second kappa shape index (κ2) is 22.2. The summed E-state index contributed by atoms with van der Waals surface area (Å²) in [7, 11) is 0. The van der Waals surface area contributed by atoms with Crippen molar-refractivity contribution in [2.24, 2.45) is 17.6 Å². The third-order valence-electron chi connectivity index (χ3n) is 7.96. The van der Waals surface area contributed by atoms with Crippen molar-refractivity contribution in [3.05, 3.63) is 0 Å². The number of carboxylic acids is 1. The highest BCUT2D eigenvalue weighted by Crippen LogP contribution is 2.09. The van der Waals surface area contributed by atoms with Gasteiger partial charge >= 0.3 is 5.97 Å². The number of amides is 9. The molecule has 1 saturated heterocycles. The van der Waals surface area contributed by atoms with Crippen LogP contribution in [0.4, 0.5) is 0 Å². The molecule has 1 aliphatic rings. The zero-order chi connectivity index (χ0) is 43.2. The van der Waals surface area contributed by atoms with Crippen LogP contribution in [0.2, 0.25) is 0 Å². The largest absolute Gasteiger partial charge is 0.479 e. The summed E-state index contributed by atoms with van der Waals surface area (Å²) in [5, 5.41) is 77.5. The van der Waals surface area contributed by atoms with Crippen molar-refractivity contribution in [2.45, 2.75) is 102 Å². The van der Waals surface area contributed by atoms with E-state index in [1.54, 1.807) is 19.2 Å². The lowest BCUT2D eigenvalue weighted by atomic mass is 9.99. The summed E-state index contributed by atoms with van der Waals surface area (Å²) in [4.78, 5) is 128. The molecule has 1 aliphatic heterocycles. The lowest BCUT2D eigenvalue weighted by Crippen LogP contribution is -2.66. The van der Waals surface area contributed by atoms with E-state index in [1.807, 2.05) is 21.3 Å². The van der Waals surface area contributed by atoms with Crippen LogP contribution in [0.5, 0.6) is 0 Å². The molecule has 5 unspecified atom stereocenters. The molecule has 0 bridgehead atoms. The van der Waals surface area contributed by atoms with Crippen LogP contribution in [0.25, 0.3) is 0 Å². The highest BCUT2D eigenvalue weighted by atomic mass is 16.4. The summed E-state index contributed by atoms with van der Waals surface area (Å²) >= 11 is 0. The maximum Gasteiger partial charge on any atom is 0.336 e. The maximum atomic E-state index is 13.5. The monoisotopic (exact) mass is 805 g/mol. The van der Waals surface area contributed by atoms with Crippen LogP contribution in [-0.2, 0) is 47.9 Å². The first-order valence-electron chi connectivity index (χ1n) is 17.1. The number of primary amides is 1. The first kappa shape index (κ1) is 48.5. The zero-order valence-corrected chi connectivity index (χ0v) is 31.1. The van der Waals surface area contributed by atoms with Gasteiger partial charge < -0.3 is 78.9 Å². The number of aliphatic hydroxyl groups excluding tert-OH is 5. The number of rotatable bonds is 11. The summed E-state index contributed by atoms with van der Waals surface area (Å²) in [6.45, 7) is 4.23. The molecule has 316 valence electrons. The molecule has 9 amide bonds. The van der Waals surface area contributed by atoms with Crippen molar-refractivity contribution in [3.8, 4) is 0 Å². The lowest BCUT2D eigenvalue weighted by molar-refractivity contribution is -0.148. The average molecular weight is 806 g/mol. The Hall–Kier alpha value is -5.50. The molecule has 25 heteroatoms. The Morgan fingerprint density at radius 3 is 1.73 bits per heavy atom. The minimum atomic E-state index is -2.52. The van der Waals surface area contributed by atoms with Crippen molar-refractivity contribution in [1.29, 1.82) is 0 Å². The molecule has 10 atom stereocenters. The van der Waals surface area contributed by atoms with Gasteiger partial charge in [-0.1, -0.05) is 27.7 Å². The molecular weight excluding hydrogens is 754 g/mol. The first-order valence-corrected chi connectivity index (χ1v) is 17.1. The van der Waals surface area contributed by atoms with E-state index in [0.29, 0.717) is 0 Å². The highest BCUT2D eigenvalue weighted by Gasteiger charge is 2.41. The van der Waals surface area contributed by atoms with Gasteiger partial charge in [-0.2, -0.15) is 0 Å². The Morgan fingerprint density at radius 1 is 0.714 bits per heavy atom. The molecule has 0 spiro atoms. The summed E-state index contributed by atoms with van der Waals surface area (Å²) in [5.41, 5.74) is 5.04. The summed E-state index contributed by atoms with van der Waals surface area (Å²) < 4.78 is 0. The van der Waals surface area contributed by atoms with E-state index in [4.69, 9.17) is 5.73 Å². The van der Waals surface area contributed by atoms with Gasteiger partial charge in [0.15, 0.2) is 6.10 Å². The fourth-order valence-corrected chi connectivity index (χ4v) is 4.80. The van der Waals surface area contributed by atoms with Crippen LogP contribution in [0.15, 0.2) is 0 Å². The van der Waals surface area contributed by atoms with Crippen molar-refractivity contribution in [3.63, 3.8) is 0 Å². The molecule has 1 heterocycles. The molecular formula is C31H51N9O16. The van der Waals surface area contributed by atoms with Crippen molar-refractivity contribution < 1.29 is 78.6 Å². The van der Waals surface area contributed by atoms with Crippen molar-refractivity contribution in [1.82, 2.24) is 42.5 Å². The molecule has 1 rings (SSSR count). The van der Waals surface area contributed by atoms with E-state index in [9.17, 15) is 78.6 Å². The molecule has 0 aromatic heterocycles. The second-order valence-electron chi connectivity index (χ2n) is 13.5. The van der Waals surface area contributed by atoms with Crippen LogP contribution >= 0.6 is 0 Å². The van der Waals surface area contributed by atoms with Crippen LogP contribution in [0, 0.1) is 11.8 Å². The normalized spacial score (nSPS) is 27.0. The van der Waals surface area contributed by atoms with Crippen molar-refractivity contribution >= 4 is 59.1 Å². The first-order chi connectivity index (χ1) is 25.9. The zero-order valence-electron chi connectivity index (χ0n) is 31.1. The number of carboxylic acid groups (broad SMARTS) is 1. The van der Waals surface area contributed by atoms with Gasteiger partial charge in [0.05, 0.1) is 19.3 Å². The summed E-state index contributed by atoms with van der Waals surface area (Å²) in [6, 6.07) is -12.3. The molecule has 1 fully saturated rings. The average Bonchev–Trinajstić information content (AvgIpc) is 3.10. The smallest absolute Gasteiger partial charge is 0.336 e. The Labute approximate surface area is 319 Å². The molecule has 16 N–H and O–H groups in total. The van der Waals surface area contributed by atoms with E-state index in [1.165, 1.54) is 13.8 Å². The molecule has 56 heavy (non-hydrogen) atoms. The van der Waals surface area contributed by atoms with Gasteiger partial charge in [0.1, 0.15) is 42.4 Å². The number of β-amino-alcohol motifs (C(OH)–C–C–N with tert-alkyl or cyclic N) is 1.